The molecule has 0 bridgehead atoms. The van der Waals surface area contributed by atoms with Crippen LogP contribution in [0.5, 0.6) is 0 Å². The second-order valence-electron chi connectivity index (χ2n) is 9.03. The van der Waals surface area contributed by atoms with E-state index in [2.05, 4.69) is 10.1 Å². The quantitative estimate of drug-likeness (QED) is 0.283. The number of ether oxygens (including phenoxy) is 2. The molecule has 0 spiro atoms. The summed E-state index contributed by atoms with van der Waals surface area (Å²) in [4.78, 5) is 37.8. The van der Waals surface area contributed by atoms with Crippen molar-refractivity contribution < 1.29 is 32.9 Å². The summed E-state index contributed by atoms with van der Waals surface area (Å²) in [6, 6.07) is 0.163. The molecule has 6 atom stereocenters. The third-order valence-electron chi connectivity index (χ3n) is 5.88. The summed E-state index contributed by atoms with van der Waals surface area (Å²) in [5, 5.41) is 13.4. The number of halogens is 1. The molecule has 0 aromatic carbocycles. The number of hydrogen-bond acceptors (Lipinski definition) is 9. The molecule has 2 aliphatic rings. The molecule has 1 aliphatic heterocycles. The fraction of sp³-hybridized carbons (Fsp3) is 0.762. The molecule has 2 fully saturated rings. The van der Waals surface area contributed by atoms with Crippen LogP contribution in [0.2, 0.25) is 0 Å². The van der Waals surface area contributed by atoms with E-state index in [0.29, 0.717) is 0 Å². The third kappa shape index (κ3) is 7.27. The number of carbonyl (C=O) groups is 1. The Morgan fingerprint density at radius 1 is 1.37 bits per heavy atom. The molecular weight excluding hydrogens is 504 g/mol. The van der Waals surface area contributed by atoms with E-state index in [-0.39, 0.29) is 18.0 Å². The molecule has 1 aromatic heterocycles. The summed E-state index contributed by atoms with van der Waals surface area (Å²) in [6.07, 6.45) is 0.812. The smallest absolute Gasteiger partial charge is 0.330 e. The first-order chi connectivity index (χ1) is 16.5. The van der Waals surface area contributed by atoms with Gasteiger partial charge in [-0.2, -0.15) is 0 Å². The lowest BCUT2D eigenvalue weighted by Crippen LogP contribution is -2.36. The normalized spacial score (nSPS) is 27.7. The zero-order chi connectivity index (χ0) is 25.8. The van der Waals surface area contributed by atoms with Crippen molar-refractivity contribution in [3.05, 3.63) is 33.1 Å². The van der Waals surface area contributed by atoms with Gasteiger partial charge < -0.3 is 19.1 Å². The van der Waals surface area contributed by atoms with Crippen molar-refractivity contribution in [1.29, 1.82) is 0 Å². The average Bonchev–Trinajstić information content (AvgIpc) is 3.39. The topological polar surface area (TPSA) is 149 Å². The van der Waals surface area contributed by atoms with E-state index in [9.17, 15) is 28.4 Å². The second-order valence-corrected chi connectivity index (χ2v) is 13.5. The third-order valence-corrected chi connectivity index (χ3v) is 10.5. The van der Waals surface area contributed by atoms with Gasteiger partial charge in [-0.15, -0.1) is 0 Å². The Balaban J connectivity index is 1.74. The van der Waals surface area contributed by atoms with Gasteiger partial charge >= 0.3 is 18.4 Å². The number of rotatable bonds is 11. The minimum atomic E-state index is -3.67. The average molecular weight is 538 g/mol. The lowest BCUT2D eigenvalue weighted by molar-refractivity contribution is -0.149. The van der Waals surface area contributed by atoms with Crippen LogP contribution in [0.4, 0.5) is 4.39 Å². The zero-order valence-corrected chi connectivity index (χ0v) is 21.6. The summed E-state index contributed by atoms with van der Waals surface area (Å²) in [7, 11) is 0. The van der Waals surface area contributed by atoms with Crippen LogP contribution in [-0.2, 0) is 23.4 Å². The van der Waals surface area contributed by atoms with Crippen molar-refractivity contribution in [2.45, 2.75) is 82.3 Å². The Bertz CT molecular complexity index is 1030. The van der Waals surface area contributed by atoms with Crippen molar-refractivity contribution in [3.8, 4) is 0 Å². The molecule has 3 N–H and O–H groups in total. The molecule has 198 valence electrons. The molecule has 3 rings (SSSR count). The summed E-state index contributed by atoms with van der Waals surface area (Å²) in [5.41, 5.74) is -1.44. The molecule has 11 nitrogen and oxygen atoms in total. The number of hydrogen-bond donors (Lipinski definition) is 3. The van der Waals surface area contributed by atoms with Gasteiger partial charge in [-0.3, -0.25) is 28.1 Å². The SMILES string of the molecule is CC(C)OC(=O)C(C)NP(=O)(OCC1OC(n2ccc(=O)[nH]c2=O)C(O)C1CF)SC1CCCC1. The van der Waals surface area contributed by atoms with E-state index >= 15 is 0 Å². The maximum Gasteiger partial charge on any atom is 0.330 e. The van der Waals surface area contributed by atoms with Crippen molar-refractivity contribution in [1.82, 2.24) is 14.6 Å². The predicted octanol–water partition coefficient (Wildman–Crippen LogP) is 2.11. The number of H-pyrrole nitrogens is 1. The van der Waals surface area contributed by atoms with Gasteiger partial charge in [0.2, 0.25) is 0 Å². The number of aromatic nitrogens is 2. The standard InChI is InChI=1S/C21H33FN3O8PS/c1-12(2)32-20(28)13(3)24-34(30,35-14-6-4-5-7-14)31-11-16-15(10-22)18(27)19(33-16)25-9-8-17(26)23-21(25)29/h8-9,12-16,18-19,27H,4-7,10-11H2,1-3H3,(H,24,30)(H,23,26,29). The minimum absolute atomic E-state index is 0.0705. The van der Waals surface area contributed by atoms with Crippen LogP contribution in [0, 0.1) is 5.92 Å². The van der Waals surface area contributed by atoms with Crippen molar-refractivity contribution >= 4 is 24.1 Å². The Hall–Kier alpha value is -1.50. The number of esters is 1. The molecule has 2 heterocycles. The molecule has 0 radical (unpaired) electrons. The van der Waals surface area contributed by atoms with Gasteiger partial charge in [0.15, 0.2) is 6.23 Å². The number of carbonyl (C=O) groups excluding carboxylic acids is 1. The highest BCUT2D eigenvalue weighted by atomic mass is 32.7. The molecule has 1 saturated heterocycles. The van der Waals surface area contributed by atoms with Gasteiger partial charge in [-0.1, -0.05) is 24.2 Å². The van der Waals surface area contributed by atoms with Crippen LogP contribution in [0.15, 0.2) is 21.9 Å². The van der Waals surface area contributed by atoms with E-state index in [1.165, 1.54) is 6.92 Å². The second kappa shape index (κ2) is 12.2. The van der Waals surface area contributed by atoms with Crippen LogP contribution in [0.1, 0.15) is 52.7 Å². The highest BCUT2D eigenvalue weighted by Crippen LogP contribution is 2.61. The molecular formula is C21H33FN3O8PS. The molecule has 1 aromatic rings. The molecule has 6 unspecified atom stereocenters. The number of nitrogens with zero attached hydrogens (tertiary/aromatic N) is 1. The number of aliphatic hydroxyl groups is 1. The van der Waals surface area contributed by atoms with Gasteiger partial charge in [0.1, 0.15) is 12.1 Å². The Morgan fingerprint density at radius 3 is 2.66 bits per heavy atom. The molecule has 0 amide bonds. The summed E-state index contributed by atoms with van der Waals surface area (Å²) >= 11 is 1.12. The van der Waals surface area contributed by atoms with E-state index in [1.807, 2.05) is 0 Å². The fourth-order valence-electron chi connectivity index (χ4n) is 4.09. The fourth-order valence-corrected chi connectivity index (χ4v) is 8.98. The number of aliphatic hydroxyl groups excluding tert-OH is 1. The van der Waals surface area contributed by atoms with E-state index in [0.717, 1.165) is 53.9 Å². The highest BCUT2D eigenvalue weighted by Gasteiger charge is 2.46. The summed E-state index contributed by atoms with van der Waals surface area (Å²) in [6.45, 7) is -0.0668. The lowest BCUT2D eigenvalue weighted by Gasteiger charge is -2.26. The highest BCUT2D eigenvalue weighted by molar-refractivity contribution is 8.56. The molecule has 35 heavy (non-hydrogen) atoms. The van der Waals surface area contributed by atoms with E-state index in [1.54, 1.807) is 13.8 Å². The van der Waals surface area contributed by atoms with Crippen LogP contribution >= 0.6 is 18.1 Å². The van der Waals surface area contributed by atoms with Crippen molar-refractivity contribution in [2.24, 2.45) is 5.92 Å². The zero-order valence-electron chi connectivity index (χ0n) is 19.9. The van der Waals surface area contributed by atoms with Crippen LogP contribution in [0.25, 0.3) is 0 Å². The van der Waals surface area contributed by atoms with Gasteiger partial charge in [0.05, 0.1) is 25.5 Å². The predicted molar refractivity (Wildman–Crippen MR) is 128 cm³/mol. The van der Waals surface area contributed by atoms with Gasteiger partial charge in [-0.05, 0) is 33.6 Å². The van der Waals surface area contributed by atoms with Crippen molar-refractivity contribution in [2.75, 3.05) is 13.3 Å². The summed E-state index contributed by atoms with van der Waals surface area (Å²) < 4.78 is 45.3. The Labute approximate surface area is 206 Å². The Kier molecular flexibility index (Phi) is 9.75. The molecule has 1 saturated carbocycles. The maximum atomic E-state index is 13.8. The number of alkyl halides is 1. The van der Waals surface area contributed by atoms with Gasteiger partial charge in [-0.25, -0.2) is 9.88 Å². The van der Waals surface area contributed by atoms with Crippen LogP contribution in [0.3, 0.4) is 0 Å². The first-order valence-corrected chi connectivity index (χ1v) is 14.8. The maximum absolute atomic E-state index is 13.8. The van der Waals surface area contributed by atoms with Gasteiger partial charge in [0.25, 0.3) is 5.56 Å². The first kappa shape index (κ1) is 28.1. The molecule has 1 aliphatic carbocycles. The van der Waals surface area contributed by atoms with E-state index < -0.39 is 61.0 Å². The van der Waals surface area contributed by atoms with Crippen LogP contribution in [-0.4, -0.2) is 63.5 Å². The Morgan fingerprint density at radius 2 is 2.06 bits per heavy atom. The van der Waals surface area contributed by atoms with Crippen molar-refractivity contribution in [3.63, 3.8) is 0 Å². The van der Waals surface area contributed by atoms with E-state index in [4.69, 9.17) is 14.0 Å². The molecule has 14 heteroatoms. The summed E-state index contributed by atoms with van der Waals surface area (Å²) in [5.74, 6) is -1.64. The first-order valence-electron chi connectivity index (χ1n) is 11.6. The van der Waals surface area contributed by atoms with Gasteiger partial charge in [0, 0.05) is 23.4 Å². The van der Waals surface area contributed by atoms with Crippen LogP contribution < -0.4 is 16.3 Å². The lowest BCUT2D eigenvalue weighted by atomic mass is 10.00. The largest absolute Gasteiger partial charge is 0.462 e. The monoisotopic (exact) mass is 537 g/mol. The minimum Gasteiger partial charge on any atom is -0.462 e. The number of aromatic amines is 1. The number of nitrogens with one attached hydrogen (secondary N) is 2.